The zero-order valence-electron chi connectivity index (χ0n) is 10.6. The third-order valence-corrected chi connectivity index (χ3v) is 3.15. The van der Waals surface area contributed by atoms with E-state index in [9.17, 15) is 18.0 Å². The maximum atomic E-state index is 13.1. The molecule has 1 rings (SSSR count). The molecule has 0 heterocycles. The SMILES string of the molecule is CCOC(=O)Cc1ccc(C#N)c(C(F)(F)F)c1CBr. The van der Waals surface area contributed by atoms with Crippen molar-refractivity contribution in [3.63, 3.8) is 0 Å². The number of halogens is 4. The second-order valence-corrected chi connectivity index (χ2v) is 4.41. The van der Waals surface area contributed by atoms with Gasteiger partial charge in [-0.2, -0.15) is 18.4 Å². The monoisotopic (exact) mass is 349 g/mol. The standard InChI is InChI=1S/C13H11BrF3NO2/c1-2-20-11(19)5-8-3-4-9(7-18)12(10(8)6-14)13(15,16)17/h3-4H,2,5-6H2,1H3. The van der Waals surface area contributed by atoms with E-state index in [2.05, 4.69) is 15.9 Å². The number of hydrogen-bond acceptors (Lipinski definition) is 3. The molecule has 0 fully saturated rings. The Balaban J connectivity index is 3.35. The van der Waals surface area contributed by atoms with Crippen molar-refractivity contribution >= 4 is 21.9 Å². The van der Waals surface area contributed by atoms with Crippen LogP contribution >= 0.6 is 15.9 Å². The zero-order valence-corrected chi connectivity index (χ0v) is 12.1. The van der Waals surface area contributed by atoms with Gasteiger partial charge in [-0.25, -0.2) is 0 Å². The molecule has 108 valence electrons. The van der Waals surface area contributed by atoms with Gasteiger partial charge in [-0.3, -0.25) is 4.79 Å². The van der Waals surface area contributed by atoms with Gasteiger partial charge in [0.15, 0.2) is 0 Å². The summed E-state index contributed by atoms with van der Waals surface area (Å²) in [5.74, 6) is -0.604. The number of nitriles is 1. The molecule has 7 heteroatoms. The summed E-state index contributed by atoms with van der Waals surface area (Å²) < 4.78 is 43.9. The number of benzene rings is 1. The molecule has 0 N–H and O–H groups in total. The first-order chi connectivity index (χ1) is 9.35. The maximum absolute atomic E-state index is 13.1. The first-order valence-corrected chi connectivity index (χ1v) is 6.80. The lowest BCUT2D eigenvalue weighted by atomic mass is 9.95. The Bertz CT molecular complexity index is 550. The number of carbonyl (C=O) groups is 1. The van der Waals surface area contributed by atoms with Crippen molar-refractivity contribution in [3.8, 4) is 6.07 Å². The van der Waals surface area contributed by atoms with Crippen LogP contribution < -0.4 is 0 Å². The molecule has 0 saturated carbocycles. The molecule has 0 aliphatic carbocycles. The Labute approximate surface area is 122 Å². The molecule has 0 aliphatic rings. The topological polar surface area (TPSA) is 50.1 Å². The van der Waals surface area contributed by atoms with Crippen molar-refractivity contribution in [3.05, 3.63) is 34.4 Å². The van der Waals surface area contributed by atoms with E-state index < -0.39 is 23.3 Å². The van der Waals surface area contributed by atoms with Gasteiger partial charge in [-0.1, -0.05) is 22.0 Å². The van der Waals surface area contributed by atoms with E-state index in [1.807, 2.05) is 0 Å². The highest BCUT2D eigenvalue weighted by Crippen LogP contribution is 2.37. The van der Waals surface area contributed by atoms with Crippen LogP contribution in [0, 0.1) is 11.3 Å². The molecule has 0 aromatic heterocycles. The quantitative estimate of drug-likeness (QED) is 0.616. The summed E-state index contributed by atoms with van der Waals surface area (Å²) in [6.45, 7) is 1.77. The van der Waals surface area contributed by atoms with Gasteiger partial charge in [0.25, 0.3) is 0 Å². The fraction of sp³-hybridized carbons (Fsp3) is 0.385. The number of carbonyl (C=O) groups excluding carboxylic acids is 1. The van der Waals surface area contributed by atoms with Gasteiger partial charge in [0.2, 0.25) is 0 Å². The minimum absolute atomic E-state index is 0.105. The summed E-state index contributed by atoms with van der Waals surface area (Å²) in [6, 6.07) is 3.95. The van der Waals surface area contributed by atoms with Crippen LogP contribution in [0.25, 0.3) is 0 Å². The number of nitrogens with zero attached hydrogens (tertiary/aromatic N) is 1. The lowest BCUT2D eigenvalue weighted by molar-refractivity contribution is -0.143. The van der Waals surface area contributed by atoms with Gasteiger partial charge in [0.1, 0.15) is 0 Å². The second kappa shape index (κ2) is 6.75. The van der Waals surface area contributed by atoms with Crippen molar-refractivity contribution in [1.82, 2.24) is 0 Å². The van der Waals surface area contributed by atoms with Crippen LogP contribution in [-0.4, -0.2) is 12.6 Å². The Kier molecular flexibility index (Phi) is 5.57. The largest absolute Gasteiger partial charge is 0.466 e. The predicted octanol–water partition coefficient (Wildman–Crippen LogP) is 3.58. The van der Waals surface area contributed by atoms with Gasteiger partial charge in [0.05, 0.1) is 30.2 Å². The van der Waals surface area contributed by atoms with Crippen molar-refractivity contribution < 1.29 is 22.7 Å². The van der Waals surface area contributed by atoms with E-state index in [1.165, 1.54) is 12.1 Å². The summed E-state index contributed by atoms with van der Waals surface area (Å²) in [5, 5.41) is 8.70. The van der Waals surface area contributed by atoms with Gasteiger partial charge >= 0.3 is 12.1 Å². The first kappa shape index (κ1) is 16.5. The molecule has 0 aliphatic heterocycles. The fourth-order valence-electron chi connectivity index (χ4n) is 1.79. The summed E-state index contributed by atoms with van der Waals surface area (Å²) in [5.41, 5.74) is -1.37. The van der Waals surface area contributed by atoms with Gasteiger partial charge in [-0.05, 0) is 24.1 Å². The van der Waals surface area contributed by atoms with Crippen LogP contribution in [0.2, 0.25) is 0 Å². The molecule has 3 nitrogen and oxygen atoms in total. The third kappa shape index (κ3) is 3.73. The molecule has 0 radical (unpaired) electrons. The summed E-state index contributed by atoms with van der Waals surface area (Å²) >= 11 is 2.98. The summed E-state index contributed by atoms with van der Waals surface area (Å²) in [6.07, 6.45) is -4.91. The number of esters is 1. The smallest absolute Gasteiger partial charge is 0.417 e. The molecular formula is C13H11BrF3NO2. The normalized spacial score (nSPS) is 11.0. The minimum atomic E-state index is -4.65. The highest BCUT2D eigenvalue weighted by molar-refractivity contribution is 9.08. The maximum Gasteiger partial charge on any atom is 0.417 e. The van der Waals surface area contributed by atoms with E-state index in [-0.39, 0.29) is 29.5 Å². The lowest BCUT2D eigenvalue weighted by Crippen LogP contribution is -2.16. The first-order valence-electron chi connectivity index (χ1n) is 5.68. The molecule has 0 unspecified atom stereocenters. The van der Waals surface area contributed by atoms with Crippen LogP contribution in [0.3, 0.4) is 0 Å². The third-order valence-electron chi connectivity index (χ3n) is 2.59. The fourth-order valence-corrected chi connectivity index (χ4v) is 2.43. The number of hydrogen-bond donors (Lipinski definition) is 0. The molecule has 0 saturated heterocycles. The number of rotatable bonds is 4. The van der Waals surface area contributed by atoms with Crippen LogP contribution in [0.1, 0.15) is 29.2 Å². The van der Waals surface area contributed by atoms with Crippen molar-refractivity contribution in [2.45, 2.75) is 24.9 Å². The second-order valence-electron chi connectivity index (χ2n) is 3.85. The Hall–Kier alpha value is -1.55. The van der Waals surface area contributed by atoms with Crippen LogP contribution in [-0.2, 0) is 27.5 Å². The average Bonchev–Trinajstić information content (AvgIpc) is 2.37. The lowest BCUT2D eigenvalue weighted by Gasteiger charge is -2.16. The Morgan fingerprint density at radius 2 is 2.10 bits per heavy atom. The average molecular weight is 350 g/mol. The van der Waals surface area contributed by atoms with Crippen LogP contribution in [0.4, 0.5) is 13.2 Å². The molecule has 0 atom stereocenters. The van der Waals surface area contributed by atoms with E-state index in [0.29, 0.717) is 0 Å². The van der Waals surface area contributed by atoms with Crippen LogP contribution in [0.15, 0.2) is 12.1 Å². The number of ether oxygens (including phenoxy) is 1. The molecule has 0 spiro atoms. The van der Waals surface area contributed by atoms with Gasteiger partial charge < -0.3 is 4.74 Å². The Morgan fingerprint density at radius 1 is 1.45 bits per heavy atom. The molecular weight excluding hydrogens is 339 g/mol. The Morgan fingerprint density at radius 3 is 2.55 bits per heavy atom. The summed E-state index contributed by atoms with van der Waals surface area (Å²) in [4.78, 5) is 11.4. The van der Waals surface area contributed by atoms with Crippen molar-refractivity contribution in [2.24, 2.45) is 0 Å². The predicted molar refractivity (Wildman–Crippen MR) is 69.1 cm³/mol. The van der Waals surface area contributed by atoms with Crippen molar-refractivity contribution in [2.75, 3.05) is 6.61 Å². The van der Waals surface area contributed by atoms with Crippen LogP contribution in [0.5, 0.6) is 0 Å². The number of alkyl halides is 4. The van der Waals surface area contributed by atoms with E-state index >= 15 is 0 Å². The highest BCUT2D eigenvalue weighted by Gasteiger charge is 2.37. The molecule has 20 heavy (non-hydrogen) atoms. The molecule has 1 aromatic rings. The van der Waals surface area contributed by atoms with E-state index in [1.54, 1.807) is 6.92 Å². The van der Waals surface area contributed by atoms with E-state index in [0.717, 1.165) is 6.07 Å². The van der Waals surface area contributed by atoms with Gasteiger partial charge in [-0.15, -0.1) is 0 Å². The highest BCUT2D eigenvalue weighted by atomic mass is 79.9. The molecule has 1 aromatic carbocycles. The molecule has 0 bridgehead atoms. The van der Waals surface area contributed by atoms with Gasteiger partial charge in [0, 0.05) is 5.33 Å². The van der Waals surface area contributed by atoms with Crippen molar-refractivity contribution in [1.29, 1.82) is 5.26 Å². The zero-order chi connectivity index (χ0) is 15.3. The minimum Gasteiger partial charge on any atom is -0.466 e. The summed E-state index contributed by atoms with van der Waals surface area (Å²) in [7, 11) is 0. The van der Waals surface area contributed by atoms with E-state index in [4.69, 9.17) is 10.00 Å². The molecule has 0 amide bonds.